The first-order chi connectivity index (χ1) is 16.3. The van der Waals surface area contributed by atoms with Crippen LogP contribution in [0.1, 0.15) is 39.2 Å². The minimum Gasteiger partial charge on any atom is -0.481 e. The molecule has 1 aromatic carbocycles. The third-order valence-corrected chi connectivity index (χ3v) is 5.26. The van der Waals surface area contributed by atoms with E-state index in [1.807, 2.05) is 0 Å². The number of carbonyl (C=O) groups is 5. The third-order valence-electron chi connectivity index (χ3n) is 5.26. The average molecular weight is 495 g/mol. The summed E-state index contributed by atoms with van der Waals surface area (Å²) in [6, 6.07) is 3.43. The summed E-state index contributed by atoms with van der Waals surface area (Å²) < 4.78 is 0. The number of carboxylic acids is 2. The van der Waals surface area contributed by atoms with Gasteiger partial charge in [0.1, 0.15) is 18.1 Å². The topological polar surface area (TPSA) is 208 Å². The van der Waals surface area contributed by atoms with Gasteiger partial charge in [0.15, 0.2) is 0 Å². The molecule has 12 nitrogen and oxygen atoms in total. The smallest absolute Gasteiger partial charge is 0.326 e. The second kappa shape index (κ2) is 14.0. The molecule has 0 heterocycles. The summed E-state index contributed by atoms with van der Waals surface area (Å²) in [5.74, 6) is -5.30. The van der Waals surface area contributed by atoms with Crippen molar-refractivity contribution in [2.75, 3.05) is 0 Å². The van der Waals surface area contributed by atoms with E-state index >= 15 is 0 Å². The van der Waals surface area contributed by atoms with Gasteiger partial charge in [-0.3, -0.25) is 19.2 Å². The van der Waals surface area contributed by atoms with Gasteiger partial charge in [-0.05, 0) is 24.8 Å². The van der Waals surface area contributed by atoms with Crippen molar-refractivity contribution < 1.29 is 39.3 Å². The highest BCUT2D eigenvalue weighted by molar-refractivity contribution is 5.94. The molecule has 5 atom stereocenters. The molecule has 0 saturated carbocycles. The Hall–Kier alpha value is -3.51. The van der Waals surface area contributed by atoms with Crippen LogP contribution in [0.25, 0.3) is 0 Å². The minimum absolute atomic E-state index is 0.0321. The van der Waals surface area contributed by atoms with Gasteiger partial charge in [-0.15, -0.1) is 0 Å². The maximum atomic E-state index is 13.0. The molecule has 3 amide bonds. The summed E-state index contributed by atoms with van der Waals surface area (Å²) in [5.41, 5.74) is 6.45. The summed E-state index contributed by atoms with van der Waals surface area (Å²) in [4.78, 5) is 60.6. The van der Waals surface area contributed by atoms with Crippen LogP contribution < -0.4 is 21.7 Å². The molecule has 8 N–H and O–H groups in total. The lowest BCUT2D eigenvalue weighted by molar-refractivity contribution is -0.143. The number of rotatable bonds is 14. The molecular formula is C23H34N4O8. The summed E-state index contributed by atoms with van der Waals surface area (Å²) >= 11 is 0. The van der Waals surface area contributed by atoms with Crippen molar-refractivity contribution in [3.63, 3.8) is 0 Å². The molecule has 1 rings (SSSR count). The number of hydrogen-bond donors (Lipinski definition) is 7. The van der Waals surface area contributed by atoms with E-state index in [1.54, 1.807) is 44.2 Å². The van der Waals surface area contributed by atoms with Gasteiger partial charge in [0, 0.05) is 12.8 Å². The van der Waals surface area contributed by atoms with Crippen LogP contribution in [-0.2, 0) is 30.4 Å². The molecule has 0 spiro atoms. The number of benzene rings is 1. The highest BCUT2D eigenvalue weighted by Gasteiger charge is 2.33. The first kappa shape index (κ1) is 29.5. The van der Waals surface area contributed by atoms with Gasteiger partial charge in [-0.2, -0.15) is 0 Å². The SMILES string of the molecule is CC(C)C(N)C(=O)NC(C(=O)NC(Cc1ccccc1)C(=O)NC(CCC(=O)O)C(=O)O)C(C)O. The van der Waals surface area contributed by atoms with Gasteiger partial charge in [-0.25, -0.2) is 4.79 Å². The molecule has 0 fully saturated rings. The molecule has 5 unspecified atom stereocenters. The Morgan fingerprint density at radius 3 is 1.91 bits per heavy atom. The van der Waals surface area contributed by atoms with E-state index in [0.717, 1.165) is 0 Å². The first-order valence-corrected chi connectivity index (χ1v) is 11.2. The van der Waals surface area contributed by atoms with Gasteiger partial charge >= 0.3 is 11.9 Å². The number of aliphatic hydroxyl groups excluding tert-OH is 1. The lowest BCUT2D eigenvalue weighted by atomic mass is 10.0. The van der Waals surface area contributed by atoms with E-state index < -0.39 is 66.4 Å². The fourth-order valence-corrected chi connectivity index (χ4v) is 3.08. The Balaban J connectivity index is 3.10. The summed E-state index contributed by atoms with van der Waals surface area (Å²) in [6.45, 7) is 4.71. The van der Waals surface area contributed by atoms with E-state index in [1.165, 1.54) is 6.92 Å². The molecule has 12 heteroatoms. The van der Waals surface area contributed by atoms with Crippen LogP contribution in [0.15, 0.2) is 30.3 Å². The fourth-order valence-electron chi connectivity index (χ4n) is 3.08. The molecule has 0 radical (unpaired) electrons. The van der Waals surface area contributed by atoms with Crippen LogP contribution in [0.4, 0.5) is 0 Å². The van der Waals surface area contributed by atoms with Crippen molar-refractivity contribution >= 4 is 29.7 Å². The van der Waals surface area contributed by atoms with Crippen LogP contribution in [0.3, 0.4) is 0 Å². The number of nitrogens with one attached hydrogen (secondary N) is 3. The van der Waals surface area contributed by atoms with Crippen LogP contribution >= 0.6 is 0 Å². The van der Waals surface area contributed by atoms with Gasteiger partial charge in [0.25, 0.3) is 0 Å². The Morgan fingerprint density at radius 1 is 0.857 bits per heavy atom. The summed E-state index contributed by atoms with van der Waals surface area (Å²) in [5, 5.41) is 35.4. The summed E-state index contributed by atoms with van der Waals surface area (Å²) in [6.07, 6.45) is -2.21. The zero-order valence-corrected chi connectivity index (χ0v) is 19.9. The van der Waals surface area contributed by atoms with Crippen molar-refractivity contribution in [3.05, 3.63) is 35.9 Å². The molecular weight excluding hydrogens is 460 g/mol. The van der Waals surface area contributed by atoms with Crippen molar-refractivity contribution in [2.24, 2.45) is 11.7 Å². The lowest BCUT2D eigenvalue weighted by Crippen LogP contribution is -2.60. The quantitative estimate of drug-likeness (QED) is 0.169. The number of carboxylic acid groups (broad SMARTS) is 2. The molecule has 1 aromatic rings. The van der Waals surface area contributed by atoms with Crippen molar-refractivity contribution in [1.82, 2.24) is 16.0 Å². The van der Waals surface area contributed by atoms with Gasteiger partial charge in [0.2, 0.25) is 17.7 Å². The van der Waals surface area contributed by atoms with Crippen LogP contribution in [0, 0.1) is 5.92 Å². The van der Waals surface area contributed by atoms with Crippen molar-refractivity contribution in [2.45, 2.75) is 70.3 Å². The van der Waals surface area contributed by atoms with E-state index in [9.17, 15) is 34.2 Å². The maximum Gasteiger partial charge on any atom is 0.326 e. The number of hydrogen-bond acceptors (Lipinski definition) is 7. The first-order valence-electron chi connectivity index (χ1n) is 11.2. The summed E-state index contributed by atoms with van der Waals surface area (Å²) in [7, 11) is 0. The van der Waals surface area contributed by atoms with Gasteiger partial charge in [0.05, 0.1) is 12.1 Å². The number of nitrogens with two attached hydrogens (primary N) is 1. The molecule has 0 bridgehead atoms. The maximum absolute atomic E-state index is 13.0. The van der Waals surface area contributed by atoms with Crippen molar-refractivity contribution in [3.8, 4) is 0 Å². The van der Waals surface area contributed by atoms with Crippen LogP contribution in [0.2, 0.25) is 0 Å². The molecule has 35 heavy (non-hydrogen) atoms. The molecule has 194 valence electrons. The Labute approximate surface area is 203 Å². The lowest BCUT2D eigenvalue weighted by Gasteiger charge is -2.27. The van der Waals surface area contributed by atoms with E-state index in [2.05, 4.69) is 16.0 Å². The molecule has 0 aliphatic rings. The molecule has 0 aliphatic carbocycles. The highest BCUT2D eigenvalue weighted by Crippen LogP contribution is 2.07. The van der Waals surface area contributed by atoms with E-state index in [0.29, 0.717) is 5.56 Å². The zero-order chi connectivity index (χ0) is 26.7. The molecule has 0 aromatic heterocycles. The number of aliphatic carboxylic acids is 2. The Morgan fingerprint density at radius 2 is 1.43 bits per heavy atom. The minimum atomic E-state index is -1.50. The monoisotopic (exact) mass is 494 g/mol. The largest absolute Gasteiger partial charge is 0.481 e. The fraction of sp³-hybridized carbons (Fsp3) is 0.522. The second-order valence-corrected chi connectivity index (χ2v) is 8.58. The third kappa shape index (κ3) is 10.1. The second-order valence-electron chi connectivity index (χ2n) is 8.58. The van der Waals surface area contributed by atoms with E-state index in [4.69, 9.17) is 10.8 Å². The standard InChI is InChI=1S/C23H34N4O8/c1-12(2)18(24)21(32)27-19(13(3)28)22(33)26-16(11-14-7-5-4-6-8-14)20(31)25-15(23(34)35)9-10-17(29)30/h4-8,12-13,15-16,18-19,28H,9-11,24H2,1-3H3,(H,25,31)(H,26,33)(H,27,32)(H,29,30)(H,34,35). The zero-order valence-electron chi connectivity index (χ0n) is 19.9. The number of carbonyl (C=O) groups excluding carboxylic acids is 3. The molecule has 0 saturated heterocycles. The Bertz CT molecular complexity index is 891. The van der Waals surface area contributed by atoms with Gasteiger partial charge < -0.3 is 37.0 Å². The van der Waals surface area contributed by atoms with Crippen molar-refractivity contribution in [1.29, 1.82) is 0 Å². The number of amides is 3. The predicted octanol–water partition coefficient (Wildman–Crippen LogP) is -1.00. The number of aliphatic hydroxyl groups is 1. The van der Waals surface area contributed by atoms with Crippen LogP contribution in [-0.4, -0.2) is 75.3 Å². The highest BCUT2D eigenvalue weighted by atomic mass is 16.4. The Kier molecular flexibility index (Phi) is 11.8. The molecule has 0 aliphatic heterocycles. The van der Waals surface area contributed by atoms with E-state index in [-0.39, 0.29) is 18.8 Å². The predicted molar refractivity (Wildman–Crippen MR) is 125 cm³/mol. The van der Waals surface area contributed by atoms with Crippen LogP contribution in [0.5, 0.6) is 0 Å². The normalized spacial score (nSPS) is 15.3. The van der Waals surface area contributed by atoms with Gasteiger partial charge in [-0.1, -0.05) is 44.2 Å². The average Bonchev–Trinajstić information content (AvgIpc) is 2.78.